The number of nitrogens with one attached hydrogen (secondary N) is 1. The first-order valence-electron chi connectivity index (χ1n) is 11.1. The second-order valence-electron chi connectivity index (χ2n) is 8.25. The molecule has 1 heterocycles. The van der Waals surface area contributed by atoms with Crippen molar-refractivity contribution in [2.24, 2.45) is 0 Å². The minimum absolute atomic E-state index is 0. The molecule has 0 spiro atoms. The van der Waals surface area contributed by atoms with Gasteiger partial charge in [0.1, 0.15) is 0 Å². The Morgan fingerprint density at radius 2 is 1.43 bits per heavy atom. The van der Waals surface area contributed by atoms with Gasteiger partial charge in [-0.15, -0.1) is 0 Å². The number of carboxylic acid groups (broad SMARTS) is 2. The summed E-state index contributed by atoms with van der Waals surface area (Å²) in [5, 5.41) is 21.9. The van der Waals surface area contributed by atoms with Crippen LogP contribution in [0.4, 0.5) is 5.69 Å². The number of pyridine rings is 1. The normalized spacial score (nSPS) is 17.2. The quantitative estimate of drug-likeness (QED) is 0.291. The molecule has 1 aromatic carbocycles. The van der Waals surface area contributed by atoms with E-state index in [1.54, 1.807) is 29.3 Å². The van der Waals surface area contributed by atoms with Crippen LogP contribution in [0.5, 0.6) is 0 Å². The van der Waals surface area contributed by atoms with Crippen molar-refractivity contribution in [2.75, 3.05) is 25.0 Å². The van der Waals surface area contributed by atoms with Crippen LogP contribution in [0.25, 0.3) is 0 Å². The van der Waals surface area contributed by atoms with Gasteiger partial charge in [-0.05, 0) is 37.1 Å². The minimum Gasteiger partial charge on any atom is -0.480 e. The van der Waals surface area contributed by atoms with Crippen molar-refractivity contribution in [3.8, 4) is 0 Å². The van der Waals surface area contributed by atoms with Gasteiger partial charge in [-0.25, -0.2) is 0 Å². The molecule has 2 aromatic rings. The van der Waals surface area contributed by atoms with Gasteiger partial charge in [0.05, 0.1) is 25.3 Å². The Morgan fingerprint density at radius 1 is 0.857 bits per heavy atom. The SMILES string of the molecule is O=C(O)CN(Cc1ccccn1)C1CCCC[C@@H]1N(CC(=O)O)CC(=O)Nc1ccccc1.[Fe].[OH3+]. The summed E-state index contributed by atoms with van der Waals surface area (Å²) in [5.41, 5.74) is 1.38. The monoisotopic (exact) mass is 529 g/mol. The molecule has 0 bridgehead atoms. The average Bonchev–Trinajstić information content (AvgIpc) is 2.79. The van der Waals surface area contributed by atoms with Crippen LogP contribution in [0.3, 0.4) is 0 Å². The molecule has 1 aliphatic carbocycles. The molecule has 1 aromatic heterocycles. The van der Waals surface area contributed by atoms with E-state index in [2.05, 4.69) is 10.3 Å². The third-order valence-electron chi connectivity index (χ3n) is 5.80. The molecule has 6 N–H and O–H groups in total. The van der Waals surface area contributed by atoms with Crippen molar-refractivity contribution in [2.45, 2.75) is 44.3 Å². The molecule has 1 amide bonds. The smallest absolute Gasteiger partial charge is 0.317 e. The van der Waals surface area contributed by atoms with Crippen LogP contribution < -0.4 is 5.32 Å². The summed E-state index contributed by atoms with van der Waals surface area (Å²) in [4.78, 5) is 43.9. The number of para-hydroxylation sites is 1. The number of benzene rings is 1. The number of carbonyl (C=O) groups is 3. The molecule has 10 nitrogen and oxygen atoms in total. The van der Waals surface area contributed by atoms with Gasteiger partial charge < -0.3 is 21.0 Å². The van der Waals surface area contributed by atoms with Crippen LogP contribution in [-0.2, 0) is 43.5 Å². The van der Waals surface area contributed by atoms with E-state index in [1.807, 2.05) is 35.2 Å². The molecule has 35 heavy (non-hydrogen) atoms. The molecule has 1 unspecified atom stereocenters. The first kappa shape index (κ1) is 30.2. The summed E-state index contributed by atoms with van der Waals surface area (Å²) in [6, 6.07) is 14.0. The predicted octanol–water partition coefficient (Wildman–Crippen LogP) is 1.38. The Morgan fingerprint density at radius 3 is 2.00 bits per heavy atom. The molecule has 1 fully saturated rings. The van der Waals surface area contributed by atoms with Crippen LogP contribution in [0, 0.1) is 0 Å². The van der Waals surface area contributed by atoms with Crippen LogP contribution in [0.15, 0.2) is 54.7 Å². The van der Waals surface area contributed by atoms with Crippen molar-refractivity contribution < 1.29 is 47.1 Å². The van der Waals surface area contributed by atoms with E-state index in [-0.39, 0.29) is 60.2 Å². The van der Waals surface area contributed by atoms with E-state index in [0.717, 1.165) is 25.0 Å². The number of hydrogen-bond acceptors (Lipinski definition) is 6. The van der Waals surface area contributed by atoms with Crippen LogP contribution in [0.2, 0.25) is 0 Å². The van der Waals surface area contributed by atoms with Gasteiger partial charge in [0.15, 0.2) is 0 Å². The maximum atomic E-state index is 12.7. The zero-order valence-electron chi connectivity index (χ0n) is 19.4. The molecular weight excluding hydrogens is 496 g/mol. The first-order chi connectivity index (χ1) is 15.9. The Labute approximate surface area is 215 Å². The predicted molar refractivity (Wildman–Crippen MR) is 127 cm³/mol. The maximum Gasteiger partial charge on any atom is 0.317 e. The third-order valence-corrected chi connectivity index (χ3v) is 5.80. The number of carboxylic acids is 2. The molecule has 11 heteroatoms. The average molecular weight is 529 g/mol. The Kier molecular flexibility index (Phi) is 13.1. The Balaban J connectivity index is 0.00000306. The molecule has 0 saturated heterocycles. The minimum atomic E-state index is -1.03. The number of nitrogens with zero attached hydrogens (tertiary/aromatic N) is 3. The van der Waals surface area contributed by atoms with Gasteiger partial charge in [-0.3, -0.25) is 29.2 Å². The number of carbonyl (C=O) groups excluding carboxylic acids is 1. The largest absolute Gasteiger partial charge is 0.480 e. The summed E-state index contributed by atoms with van der Waals surface area (Å²) in [6.07, 6.45) is 4.88. The van der Waals surface area contributed by atoms with E-state index in [4.69, 9.17) is 0 Å². The summed E-state index contributed by atoms with van der Waals surface area (Å²) in [5.74, 6) is -2.29. The van der Waals surface area contributed by atoms with E-state index < -0.39 is 11.9 Å². The van der Waals surface area contributed by atoms with E-state index in [0.29, 0.717) is 18.7 Å². The van der Waals surface area contributed by atoms with Gasteiger partial charge >= 0.3 is 11.9 Å². The fraction of sp³-hybridized carbons (Fsp3) is 0.417. The van der Waals surface area contributed by atoms with Crippen LogP contribution in [0.1, 0.15) is 31.4 Å². The zero-order chi connectivity index (χ0) is 23.6. The van der Waals surface area contributed by atoms with Crippen molar-refractivity contribution in [3.63, 3.8) is 0 Å². The maximum absolute atomic E-state index is 12.7. The first-order valence-corrected chi connectivity index (χ1v) is 11.1. The van der Waals surface area contributed by atoms with Gasteiger partial charge in [0, 0.05) is 47.6 Å². The number of anilines is 1. The summed E-state index contributed by atoms with van der Waals surface area (Å²) >= 11 is 0. The molecule has 2 atom stereocenters. The van der Waals surface area contributed by atoms with Crippen LogP contribution in [-0.4, -0.2) is 74.6 Å². The molecule has 1 aliphatic rings. The molecule has 0 aliphatic heterocycles. The molecule has 192 valence electrons. The molecule has 0 radical (unpaired) electrons. The van der Waals surface area contributed by atoms with Gasteiger partial charge in [0.25, 0.3) is 0 Å². The summed E-state index contributed by atoms with van der Waals surface area (Å²) < 4.78 is 0. The van der Waals surface area contributed by atoms with Crippen molar-refractivity contribution >= 4 is 23.5 Å². The number of aromatic nitrogens is 1. The van der Waals surface area contributed by atoms with Crippen molar-refractivity contribution in [3.05, 3.63) is 60.4 Å². The van der Waals surface area contributed by atoms with E-state index in [1.165, 1.54) is 0 Å². The zero-order valence-corrected chi connectivity index (χ0v) is 20.5. The van der Waals surface area contributed by atoms with Gasteiger partial charge in [-0.1, -0.05) is 37.1 Å². The second-order valence-corrected chi connectivity index (χ2v) is 8.25. The standard InChI is InChI=1S/C24H30N4O5.Fe.H2O/c29-22(26-18-8-2-1-3-9-18)15-28(17-24(32)33)21-12-5-4-11-20(21)27(16-23(30)31)14-19-10-6-7-13-25-19;;/h1-3,6-10,13,20-21H,4-5,11-12,14-17H2,(H,26,29)(H,30,31)(H,32,33);;1H2/p+1/t20?,21-;;/m0../s1. The number of hydrogen-bond donors (Lipinski definition) is 3. The number of rotatable bonds is 11. The molecular formula is C24H33FeN4O6+. The third kappa shape index (κ3) is 9.75. The van der Waals surface area contributed by atoms with Crippen molar-refractivity contribution in [1.82, 2.24) is 14.8 Å². The Bertz CT molecular complexity index is 934. The number of amides is 1. The number of aliphatic carboxylic acids is 2. The molecule has 1 saturated carbocycles. The van der Waals surface area contributed by atoms with Crippen LogP contribution >= 0.6 is 0 Å². The summed E-state index contributed by atoms with van der Waals surface area (Å²) in [7, 11) is 0. The second kappa shape index (κ2) is 15.2. The fourth-order valence-electron chi connectivity index (χ4n) is 4.48. The molecule has 3 rings (SSSR count). The fourth-order valence-corrected chi connectivity index (χ4v) is 4.48. The Hall–Kier alpha value is -2.82. The van der Waals surface area contributed by atoms with E-state index >= 15 is 0 Å². The summed E-state index contributed by atoms with van der Waals surface area (Å²) in [6.45, 7) is -0.235. The van der Waals surface area contributed by atoms with Crippen molar-refractivity contribution in [1.29, 1.82) is 0 Å². The van der Waals surface area contributed by atoms with Gasteiger partial charge in [-0.2, -0.15) is 0 Å². The topological polar surface area (TPSA) is 156 Å². The van der Waals surface area contributed by atoms with Gasteiger partial charge in [0.2, 0.25) is 5.91 Å². The van der Waals surface area contributed by atoms with E-state index in [9.17, 15) is 24.6 Å².